The standard InChI is InChI=1S/C17H19N3S.HI/c18-17(19-8-7-12-5-3-9-21-12)20-16-14-10-11-4-1-2-6-13(11)15(14)16;/h1-6,9,14-16H,7-8,10H2,(H3,18,19,20);1H. The first-order valence-corrected chi connectivity index (χ1v) is 8.37. The minimum Gasteiger partial charge on any atom is -0.370 e. The minimum absolute atomic E-state index is 0. The number of fused-ring (bicyclic) bond motifs is 3. The maximum atomic E-state index is 6.02. The van der Waals surface area contributed by atoms with Gasteiger partial charge in [0, 0.05) is 29.8 Å². The van der Waals surface area contributed by atoms with E-state index in [1.807, 2.05) is 0 Å². The molecule has 0 bridgehead atoms. The molecule has 1 saturated carbocycles. The Labute approximate surface area is 152 Å². The van der Waals surface area contributed by atoms with Crippen LogP contribution in [0.25, 0.3) is 0 Å². The van der Waals surface area contributed by atoms with E-state index in [1.165, 1.54) is 22.4 Å². The van der Waals surface area contributed by atoms with Crippen molar-refractivity contribution in [1.82, 2.24) is 5.32 Å². The van der Waals surface area contributed by atoms with Gasteiger partial charge in [-0.2, -0.15) is 0 Å². The molecule has 1 fully saturated rings. The van der Waals surface area contributed by atoms with Gasteiger partial charge in [-0.05, 0) is 34.9 Å². The summed E-state index contributed by atoms with van der Waals surface area (Å²) in [6.45, 7) is 0.762. The monoisotopic (exact) mass is 425 g/mol. The van der Waals surface area contributed by atoms with E-state index in [4.69, 9.17) is 5.73 Å². The molecule has 4 rings (SSSR count). The van der Waals surface area contributed by atoms with Crippen LogP contribution in [0.4, 0.5) is 0 Å². The number of nitrogens with zero attached hydrogens (tertiary/aromatic N) is 1. The predicted octanol–water partition coefficient (Wildman–Crippen LogP) is 3.15. The fourth-order valence-corrected chi connectivity index (χ4v) is 4.20. The van der Waals surface area contributed by atoms with Crippen LogP contribution in [0.2, 0.25) is 0 Å². The zero-order chi connectivity index (χ0) is 14.2. The lowest BCUT2D eigenvalue weighted by Gasteiger charge is -2.09. The van der Waals surface area contributed by atoms with Gasteiger partial charge in [0.05, 0.1) is 0 Å². The van der Waals surface area contributed by atoms with E-state index in [-0.39, 0.29) is 24.0 Å². The Kier molecular flexibility index (Phi) is 4.73. The quantitative estimate of drug-likeness (QED) is 0.449. The van der Waals surface area contributed by atoms with Crippen molar-refractivity contribution in [1.29, 1.82) is 0 Å². The third-order valence-corrected chi connectivity index (χ3v) is 5.51. The average molecular weight is 425 g/mol. The van der Waals surface area contributed by atoms with Crippen molar-refractivity contribution in [2.45, 2.75) is 24.8 Å². The highest BCUT2D eigenvalue weighted by Crippen LogP contribution is 2.56. The van der Waals surface area contributed by atoms with E-state index in [2.05, 4.69) is 52.1 Å². The zero-order valence-corrected chi connectivity index (χ0v) is 15.4. The van der Waals surface area contributed by atoms with E-state index in [1.54, 1.807) is 11.3 Å². The number of aliphatic imine (C=N–C) groups is 1. The van der Waals surface area contributed by atoms with Crippen molar-refractivity contribution >= 4 is 41.3 Å². The number of halogens is 1. The van der Waals surface area contributed by atoms with E-state index >= 15 is 0 Å². The molecule has 2 aliphatic rings. The van der Waals surface area contributed by atoms with Crippen molar-refractivity contribution in [3.63, 3.8) is 0 Å². The van der Waals surface area contributed by atoms with E-state index in [0.29, 0.717) is 23.8 Å². The molecule has 1 aromatic carbocycles. The lowest BCUT2D eigenvalue weighted by molar-refractivity contribution is 0.740. The molecule has 1 heterocycles. The van der Waals surface area contributed by atoms with Gasteiger partial charge in [0.1, 0.15) is 0 Å². The van der Waals surface area contributed by atoms with Crippen molar-refractivity contribution in [3.8, 4) is 0 Å². The van der Waals surface area contributed by atoms with Crippen LogP contribution in [0, 0.1) is 5.92 Å². The summed E-state index contributed by atoms with van der Waals surface area (Å²) in [5.41, 5.74) is 9.04. The first kappa shape index (κ1) is 15.8. The van der Waals surface area contributed by atoms with Gasteiger partial charge < -0.3 is 11.1 Å². The molecule has 2 aromatic rings. The third kappa shape index (κ3) is 3.01. The van der Waals surface area contributed by atoms with Crippen molar-refractivity contribution in [2.24, 2.45) is 16.6 Å². The number of rotatable bonds is 4. The molecule has 1 aromatic heterocycles. The molecule has 22 heavy (non-hydrogen) atoms. The molecule has 0 amide bonds. The molecule has 0 aliphatic heterocycles. The Morgan fingerprint density at radius 2 is 2.14 bits per heavy atom. The fraction of sp³-hybridized carbons (Fsp3) is 0.353. The number of benzene rings is 1. The molecular formula is C17H20IN3S. The SMILES string of the molecule is I.NC(=NCCc1cccs1)NC1C2Cc3ccccc3C21. The summed E-state index contributed by atoms with van der Waals surface area (Å²) < 4.78 is 0. The molecule has 5 heteroatoms. The van der Waals surface area contributed by atoms with Gasteiger partial charge in [0.15, 0.2) is 5.96 Å². The van der Waals surface area contributed by atoms with Gasteiger partial charge in [-0.1, -0.05) is 30.3 Å². The smallest absolute Gasteiger partial charge is 0.188 e. The van der Waals surface area contributed by atoms with Gasteiger partial charge in [0.25, 0.3) is 0 Å². The first-order valence-electron chi connectivity index (χ1n) is 7.49. The second kappa shape index (κ2) is 6.58. The Bertz CT molecular complexity index is 668. The number of nitrogens with one attached hydrogen (secondary N) is 1. The predicted molar refractivity (Wildman–Crippen MR) is 103 cm³/mol. The Morgan fingerprint density at radius 3 is 2.95 bits per heavy atom. The topological polar surface area (TPSA) is 50.4 Å². The maximum Gasteiger partial charge on any atom is 0.188 e. The number of hydrogen-bond acceptors (Lipinski definition) is 2. The summed E-state index contributed by atoms with van der Waals surface area (Å²) in [6, 6.07) is 13.5. The fourth-order valence-electron chi connectivity index (χ4n) is 3.51. The van der Waals surface area contributed by atoms with E-state index in [9.17, 15) is 0 Å². The van der Waals surface area contributed by atoms with E-state index < -0.39 is 0 Å². The normalized spacial score (nSPS) is 25.1. The Morgan fingerprint density at radius 1 is 1.27 bits per heavy atom. The van der Waals surface area contributed by atoms with Gasteiger partial charge >= 0.3 is 0 Å². The molecular weight excluding hydrogens is 405 g/mol. The summed E-state index contributed by atoms with van der Waals surface area (Å²) in [7, 11) is 0. The van der Waals surface area contributed by atoms with Gasteiger partial charge in [0.2, 0.25) is 0 Å². The first-order chi connectivity index (χ1) is 10.3. The molecule has 0 spiro atoms. The van der Waals surface area contributed by atoms with Crippen molar-refractivity contribution in [3.05, 3.63) is 57.8 Å². The van der Waals surface area contributed by atoms with Crippen LogP contribution in [0.5, 0.6) is 0 Å². The molecule has 3 unspecified atom stereocenters. The third-order valence-electron chi connectivity index (χ3n) is 4.57. The lowest BCUT2D eigenvalue weighted by atomic mass is 10.1. The summed E-state index contributed by atoms with van der Waals surface area (Å²) in [5.74, 6) is 1.96. The molecule has 3 atom stereocenters. The van der Waals surface area contributed by atoms with Crippen LogP contribution in [-0.4, -0.2) is 18.5 Å². The Balaban J connectivity index is 0.00000144. The molecule has 3 N–H and O–H groups in total. The largest absolute Gasteiger partial charge is 0.370 e. The molecule has 0 radical (unpaired) electrons. The molecule has 0 saturated heterocycles. The van der Waals surface area contributed by atoms with Gasteiger partial charge in [-0.3, -0.25) is 4.99 Å². The minimum atomic E-state index is 0. The number of guanidine groups is 1. The van der Waals surface area contributed by atoms with Crippen LogP contribution >= 0.6 is 35.3 Å². The van der Waals surface area contributed by atoms with Crippen molar-refractivity contribution < 1.29 is 0 Å². The summed E-state index contributed by atoms with van der Waals surface area (Å²) in [4.78, 5) is 5.82. The summed E-state index contributed by atoms with van der Waals surface area (Å²) in [6.07, 6.45) is 2.15. The van der Waals surface area contributed by atoms with Crippen LogP contribution in [0.3, 0.4) is 0 Å². The lowest BCUT2D eigenvalue weighted by Crippen LogP contribution is -2.35. The summed E-state index contributed by atoms with van der Waals surface area (Å²) in [5, 5.41) is 5.51. The number of thiophene rings is 1. The maximum absolute atomic E-state index is 6.02. The highest BCUT2D eigenvalue weighted by molar-refractivity contribution is 14.0. The van der Waals surface area contributed by atoms with Crippen LogP contribution in [0.15, 0.2) is 46.8 Å². The summed E-state index contributed by atoms with van der Waals surface area (Å²) >= 11 is 1.78. The van der Waals surface area contributed by atoms with Crippen molar-refractivity contribution in [2.75, 3.05) is 6.54 Å². The second-order valence-corrected chi connectivity index (χ2v) is 6.89. The number of nitrogens with two attached hydrogens (primary N) is 1. The molecule has 116 valence electrons. The van der Waals surface area contributed by atoms with Crippen LogP contribution in [-0.2, 0) is 12.8 Å². The van der Waals surface area contributed by atoms with E-state index in [0.717, 1.165) is 13.0 Å². The molecule has 2 aliphatic carbocycles. The Hall–Kier alpha value is -1.08. The highest BCUT2D eigenvalue weighted by atomic mass is 127. The average Bonchev–Trinajstić information content (AvgIpc) is 2.88. The van der Waals surface area contributed by atoms with Gasteiger partial charge in [-0.25, -0.2) is 0 Å². The number of hydrogen-bond donors (Lipinski definition) is 2. The van der Waals surface area contributed by atoms with Crippen LogP contribution < -0.4 is 11.1 Å². The van der Waals surface area contributed by atoms with Crippen LogP contribution in [0.1, 0.15) is 21.9 Å². The zero-order valence-electron chi connectivity index (χ0n) is 12.2. The van der Waals surface area contributed by atoms with Gasteiger partial charge in [-0.15, -0.1) is 35.3 Å². The molecule has 3 nitrogen and oxygen atoms in total. The second-order valence-electron chi connectivity index (χ2n) is 5.86. The highest BCUT2D eigenvalue weighted by Gasteiger charge is 2.55.